The Kier molecular flexibility index (Phi) is 4.00. The maximum absolute atomic E-state index is 4.14. The maximum Gasteiger partial charge on any atom is 0.149 e. The zero-order chi connectivity index (χ0) is 14.0. The van der Waals surface area contributed by atoms with Gasteiger partial charge in [-0.1, -0.05) is 18.2 Å². The first-order chi connectivity index (χ1) is 8.99. The highest BCUT2D eigenvalue weighted by Gasteiger charge is 2.15. The molecular formula is C15H22N4. The van der Waals surface area contributed by atoms with Crippen LogP contribution in [0.25, 0.3) is 0 Å². The predicted octanol–water partition coefficient (Wildman–Crippen LogP) is 2.84. The summed E-state index contributed by atoms with van der Waals surface area (Å²) in [5.74, 6) is 0.954. The van der Waals surface area contributed by atoms with Crippen molar-refractivity contribution in [3.63, 3.8) is 0 Å². The number of hydrogen-bond donors (Lipinski definition) is 1. The van der Waals surface area contributed by atoms with Gasteiger partial charge in [0, 0.05) is 13.1 Å². The van der Waals surface area contributed by atoms with E-state index in [-0.39, 0.29) is 12.1 Å². The van der Waals surface area contributed by atoms with Crippen molar-refractivity contribution in [3.05, 3.63) is 47.0 Å². The number of aryl methyl sites for hydroxylation is 3. The van der Waals surface area contributed by atoms with Gasteiger partial charge >= 0.3 is 0 Å². The standard InChI is InChI=1S/C15H22N4/c1-10-6-7-14(8-11(10)2)12(3)17-13(4)15-18-16-9-19(15)5/h6-9,12-13,17H,1-5H3. The van der Waals surface area contributed by atoms with Crippen molar-refractivity contribution in [3.8, 4) is 0 Å². The fourth-order valence-corrected chi connectivity index (χ4v) is 2.26. The molecule has 0 saturated heterocycles. The fourth-order valence-electron chi connectivity index (χ4n) is 2.26. The van der Waals surface area contributed by atoms with Crippen molar-refractivity contribution >= 4 is 0 Å². The smallest absolute Gasteiger partial charge is 0.149 e. The number of nitrogens with zero attached hydrogens (tertiary/aromatic N) is 3. The Bertz CT molecular complexity index is 559. The first-order valence-corrected chi connectivity index (χ1v) is 6.66. The second-order valence-electron chi connectivity index (χ2n) is 5.25. The molecule has 1 N–H and O–H groups in total. The van der Waals surface area contributed by atoms with Crippen molar-refractivity contribution in [2.75, 3.05) is 0 Å². The van der Waals surface area contributed by atoms with Gasteiger partial charge in [0.25, 0.3) is 0 Å². The molecule has 0 saturated carbocycles. The second kappa shape index (κ2) is 5.53. The molecular weight excluding hydrogens is 236 g/mol. The fraction of sp³-hybridized carbons (Fsp3) is 0.467. The van der Waals surface area contributed by atoms with Crippen molar-refractivity contribution in [1.82, 2.24) is 20.1 Å². The molecule has 0 aliphatic heterocycles. The van der Waals surface area contributed by atoms with Gasteiger partial charge in [-0.2, -0.15) is 0 Å². The molecule has 19 heavy (non-hydrogen) atoms. The molecule has 0 fully saturated rings. The van der Waals surface area contributed by atoms with Gasteiger partial charge in [0.15, 0.2) is 0 Å². The van der Waals surface area contributed by atoms with E-state index < -0.39 is 0 Å². The summed E-state index contributed by atoms with van der Waals surface area (Å²) in [7, 11) is 1.97. The van der Waals surface area contributed by atoms with Gasteiger partial charge in [-0.05, 0) is 44.4 Å². The molecule has 1 aromatic heterocycles. The molecule has 102 valence electrons. The molecule has 2 aromatic rings. The summed E-state index contributed by atoms with van der Waals surface area (Å²) in [6.45, 7) is 8.58. The van der Waals surface area contributed by atoms with E-state index in [2.05, 4.69) is 61.4 Å². The van der Waals surface area contributed by atoms with Gasteiger partial charge in [-0.3, -0.25) is 0 Å². The van der Waals surface area contributed by atoms with Crippen LogP contribution in [0, 0.1) is 13.8 Å². The molecule has 2 unspecified atom stereocenters. The van der Waals surface area contributed by atoms with Gasteiger partial charge < -0.3 is 9.88 Å². The zero-order valence-corrected chi connectivity index (χ0v) is 12.3. The van der Waals surface area contributed by atoms with Gasteiger partial charge in [0.05, 0.1) is 6.04 Å². The van der Waals surface area contributed by atoms with Gasteiger partial charge in [0.2, 0.25) is 0 Å². The number of hydrogen-bond acceptors (Lipinski definition) is 3. The quantitative estimate of drug-likeness (QED) is 0.917. The van der Waals surface area contributed by atoms with E-state index >= 15 is 0 Å². The molecule has 4 heteroatoms. The predicted molar refractivity (Wildman–Crippen MR) is 76.9 cm³/mol. The number of rotatable bonds is 4. The molecule has 2 rings (SSSR count). The van der Waals surface area contributed by atoms with E-state index in [1.165, 1.54) is 16.7 Å². The van der Waals surface area contributed by atoms with Crippen LogP contribution >= 0.6 is 0 Å². The first kappa shape index (κ1) is 13.7. The maximum atomic E-state index is 4.14. The lowest BCUT2D eigenvalue weighted by molar-refractivity contribution is 0.466. The zero-order valence-electron chi connectivity index (χ0n) is 12.3. The van der Waals surface area contributed by atoms with Crippen molar-refractivity contribution in [2.24, 2.45) is 7.05 Å². The van der Waals surface area contributed by atoms with E-state index in [1.807, 2.05) is 11.6 Å². The molecule has 1 aromatic carbocycles. The van der Waals surface area contributed by atoms with Crippen LogP contribution < -0.4 is 5.32 Å². The lowest BCUT2D eigenvalue weighted by Crippen LogP contribution is -2.24. The molecule has 1 heterocycles. The molecule has 0 amide bonds. The van der Waals surface area contributed by atoms with Gasteiger partial charge in [-0.15, -0.1) is 10.2 Å². The Hall–Kier alpha value is -1.68. The lowest BCUT2D eigenvalue weighted by Gasteiger charge is -2.20. The number of aromatic nitrogens is 3. The normalized spacial score (nSPS) is 14.4. The van der Waals surface area contributed by atoms with Crippen LogP contribution in [-0.2, 0) is 7.05 Å². The lowest BCUT2D eigenvalue weighted by atomic mass is 10.0. The Morgan fingerprint density at radius 2 is 1.84 bits per heavy atom. The van der Waals surface area contributed by atoms with E-state index in [0.717, 1.165) is 5.82 Å². The third-order valence-corrected chi connectivity index (χ3v) is 3.66. The highest BCUT2D eigenvalue weighted by molar-refractivity contribution is 5.31. The molecule has 4 nitrogen and oxygen atoms in total. The van der Waals surface area contributed by atoms with Crippen molar-refractivity contribution < 1.29 is 0 Å². The van der Waals surface area contributed by atoms with Crippen LogP contribution in [0.5, 0.6) is 0 Å². The Labute approximate surface area is 114 Å². The van der Waals surface area contributed by atoms with E-state index in [0.29, 0.717) is 0 Å². The van der Waals surface area contributed by atoms with Crippen LogP contribution in [0.4, 0.5) is 0 Å². The number of nitrogens with one attached hydrogen (secondary N) is 1. The minimum atomic E-state index is 0.170. The Morgan fingerprint density at radius 3 is 2.42 bits per heavy atom. The first-order valence-electron chi connectivity index (χ1n) is 6.66. The van der Waals surface area contributed by atoms with Crippen molar-refractivity contribution in [2.45, 2.75) is 39.8 Å². The Balaban J connectivity index is 2.10. The molecule has 2 atom stereocenters. The Morgan fingerprint density at radius 1 is 1.11 bits per heavy atom. The molecule has 0 aliphatic rings. The van der Waals surface area contributed by atoms with E-state index in [4.69, 9.17) is 0 Å². The summed E-state index contributed by atoms with van der Waals surface area (Å²) < 4.78 is 1.95. The summed E-state index contributed by atoms with van der Waals surface area (Å²) in [6.07, 6.45) is 1.73. The second-order valence-corrected chi connectivity index (χ2v) is 5.25. The summed E-state index contributed by atoms with van der Waals surface area (Å²) >= 11 is 0. The summed E-state index contributed by atoms with van der Waals surface area (Å²) in [5.41, 5.74) is 3.96. The highest BCUT2D eigenvalue weighted by atomic mass is 15.3. The average molecular weight is 258 g/mol. The third-order valence-electron chi connectivity index (χ3n) is 3.66. The molecule has 0 radical (unpaired) electrons. The minimum Gasteiger partial charge on any atom is -0.319 e. The van der Waals surface area contributed by atoms with Crippen LogP contribution in [0.1, 0.15) is 48.4 Å². The minimum absolute atomic E-state index is 0.170. The van der Waals surface area contributed by atoms with Crippen LogP contribution in [0.15, 0.2) is 24.5 Å². The summed E-state index contributed by atoms with van der Waals surface area (Å²) in [4.78, 5) is 0. The molecule has 0 bridgehead atoms. The highest BCUT2D eigenvalue weighted by Crippen LogP contribution is 2.20. The van der Waals surface area contributed by atoms with Gasteiger partial charge in [0.1, 0.15) is 12.2 Å². The third kappa shape index (κ3) is 3.01. The summed E-state index contributed by atoms with van der Waals surface area (Å²) in [6, 6.07) is 7.06. The average Bonchev–Trinajstić information content (AvgIpc) is 2.79. The summed E-state index contributed by atoms with van der Waals surface area (Å²) in [5, 5.41) is 11.6. The SMILES string of the molecule is Cc1ccc(C(C)NC(C)c2nncn2C)cc1C. The van der Waals surface area contributed by atoms with Crippen molar-refractivity contribution in [1.29, 1.82) is 0 Å². The van der Waals surface area contributed by atoms with E-state index in [1.54, 1.807) is 6.33 Å². The molecule has 0 aliphatic carbocycles. The van der Waals surface area contributed by atoms with Crippen LogP contribution in [-0.4, -0.2) is 14.8 Å². The van der Waals surface area contributed by atoms with Crippen LogP contribution in [0.3, 0.4) is 0 Å². The van der Waals surface area contributed by atoms with Crippen LogP contribution in [0.2, 0.25) is 0 Å². The topological polar surface area (TPSA) is 42.7 Å². The van der Waals surface area contributed by atoms with Gasteiger partial charge in [-0.25, -0.2) is 0 Å². The van der Waals surface area contributed by atoms with E-state index in [9.17, 15) is 0 Å². The largest absolute Gasteiger partial charge is 0.319 e. The monoisotopic (exact) mass is 258 g/mol. The molecule has 0 spiro atoms. The number of benzene rings is 1.